The Balaban J connectivity index is 2.17. The Labute approximate surface area is 118 Å². The molecule has 1 aromatic rings. The molecule has 1 heterocycles. The van der Waals surface area contributed by atoms with Gasteiger partial charge in [0.05, 0.1) is 16.8 Å². The first-order chi connectivity index (χ1) is 8.61. The van der Waals surface area contributed by atoms with Gasteiger partial charge in [0.15, 0.2) is 0 Å². The molecule has 0 radical (unpaired) electrons. The standard InChI is InChI=1S/C14H20ClNOS/c1-3-12-9-16(6-7-18-12)14-5-4-11(10(2)17)8-13(14)15/h4-5,8,10,12,17H,3,6-7,9H2,1-2H3/t10-,12?/m0/s1. The highest BCUT2D eigenvalue weighted by atomic mass is 35.5. The maximum atomic E-state index is 9.55. The highest BCUT2D eigenvalue weighted by molar-refractivity contribution is 8.00. The van der Waals surface area contributed by atoms with Crippen LogP contribution in [0, 0.1) is 0 Å². The zero-order chi connectivity index (χ0) is 13.1. The summed E-state index contributed by atoms with van der Waals surface area (Å²) in [6.07, 6.45) is 0.738. The summed E-state index contributed by atoms with van der Waals surface area (Å²) in [7, 11) is 0. The van der Waals surface area contributed by atoms with Crippen molar-refractivity contribution in [2.45, 2.75) is 31.6 Å². The Kier molecular flexibility index (Phi) is 4.82. The van der Waals surface area contributed by atoms with Crippen LogP contribution in [0.5, 0.6) is 0 Å². The van der Waals surface area contributed by atoms with Gasteiger partial charge in [0.2, 0.25) is 0 Å². The van der Waals surface area contributed by atoms with Crippen LogP contribution in [0.3, 0.4) is 0 Å². The number of hydrogen-bond acceptors (Lipinski definition) is 3. The average molecular weight is 286 g/mol. The molecular formula is C14H20ClNOS. The van der Waals surface area contributed by atoms with E-state index in [9.17, 15) is 5.11 Å². The molecule has 0 amide bonds. The minimum atomic E-state index is -0.461. The zero-order valence-corrected chi connectivity index (χ0v) is 12.5. The lowest BCUT2D eigenvalue weighted by Crippen LogP contribution is -2.37. The highest BCUT2D eigenvalue weighted by Gasteiger charge is 2.21. The summed E-state index contributed by atoms with van der Waals surface area (Å²) in [4.78, 5) is 2.36. The van der Waals surface area contributed by atoms with Crippen molar-refractivity contribution in [1.82, 2.24) is 0 Å². The molecular weight excluding hydrogens is 266 g/mol. The number of aliphatic hydroxyl groups is 1. The molecule has 0 saturated carbocycles. The van der Waals surface area contributed by atoms with Crippen molar-refractivity contribution < 1.29 is 5.11 Å². The molecule has 2 nitrogen and oxygen atoms in total. The van der Waals surface area contributed by atoms with Gasteiger partial charge in [-0.3, -0.25) is 0 Å². The quantitative estimate of drug-likeness (QED) is 0.915. The molecule has 2 rings (SSSR count). The van der Waals surface area contributed by atoms with E-state index in [-0.39, 0.29) is 0 Å². The summed E-state index contributed by atoms with van der Waals surface area (Å²) < 4.78 is 0. The van der Waals surface area contributed by atoms with Crippen molar-refractivity contribution in [2.75, 3.05) is 23.7 Å². The van der Waals surface area contributed by atoms with E-state index in [2.05, 4.69) is 23.6 Å². The van der Waals surface area contributed by atoms with Crippen LogP contribution in [-0.2, 0) is 0 Å². The van der Waals surface area contributed by atoms with Crippen molar-refractivity contribution in [1.29, 1.82) is 0 Å². The first-order valence-corrected chi connectivity index (χ1v) is 7.88. The van der Waals surface area contributed by atoms with Gasteiger partial charge in [-0.25, -0.2) is 0 Å². The molecule has 2 atom stereocenters. The minimum absolute atomic E-state index is 0.461. The normalized spacial score (nSPS) is 22.0. The maximum absolute atomic E-state index is 9.55. The number of rotatable bonds is 3. The maximum Gasteiger partial charge on any atom is 0.0762 e. The average Bonchev–Trinajstić information content (AvgIpc) is 2.38. The molecule has 1 aromatic carbocycles. The topological polar surface area (TPSA) is 23.5 Å². The molecule has 1 aliphatic rings. The van der Waals surface area contributed by atoms with Crippen LogP contribution in [-0.4, -0.2) is 29.2 Å². The fourth-order valence-corrected chi connectivity index (χ4v) is 3.71. The lowest BCUT2D eigenvalue weighted by Gasteiger charge is -2.34. The van der Waals surface area contributed by atoms with E-state index in [0.29, 0.717) is 5.25 Å². The fraction of sp³-hybridized carbons (Fsp3) is 0.571. The van der Waals surface area contributed by atoms with Crippen LogP contribution in [0.25, 0.3) is 0 Å². The molecule has 0 aromatic heterocycles. The van der Waals surface area contributed by atoms with Gasteiger partial charge in [-0.1, -0.05) is 24.6 Å². The van der Waals surface area contributed by atoms with Gasteiger partial charge in [-0.15, -0.1) is 0 Å². The van der Waals surface area contributed by atoms with Crippen molar-refractivity contribution in [3.05, 3.63) is 28.8 Å². The Morgan fingerprint density at radius 1 is 1.56 bits per heavy atom. The number of nitrogens with zero attached hydrogens (tertiary/aromatic N) is 1. The van der Waals surface area contributed by atoms with Gasteiger partial charge in [0, 0.05) is 24.1 Å². The molecule has 1 aliphatic heterocycles. The Hall–Kier alpha value is -0.380. The summed E-state index contributed by atoms with van der Waals surface area (Å²) in [5.41, 5.74) is 1.97. The van der Waals surface area contributed by atoms with Gasteiger partial charge in [0.1, 0.15) is 0 Å². The second kappa shape index (κ2) is 6.18. The van der Waals surface area contributed by atoms with Gasteiger partial charge < -0.3 is 10.0 Å². The third-order valence-corrected chi connectivity index (χ3v) is 5.06. The lowest BCUT2D eigenvalue weighted by molar-refractivity contribution is 0.199. The summed E-state index contributed by atoms with van der Waals surface area (Å²) in [6.45, 7) is 6.11. The largest absolute Gasteiger partial charge is 0.389 e. The SMILES string of the molecule is CCC1CN(c2ccc([C@H](C)O)cc2Cl)CCS1. The van der Waals surface area contributed by atoms with Crippen LogP contribution < -0.4 is 4.90 Å². The van der Waals surface area contributed by atoms with Gasteiger partial charge in [-0.2, -0.15) is 11.8 Å². The molecule has 1 saturated heterocycles. The van der Waals surface area contributed by atoms with Gasteiger partial charge in [0.25, 0.3) is 0 Å². The van der Waals surface area contributed by atoms with Gasteiger partial charge in [-0.05, 0) is 31.0 Å². The summed E-state index contributed by atoms with van der Waals surface area (Å²) in [5.74, 6) is 1.16. The van der Waals surface area contributed by atoms with E-state index >= 15 is 0 Å². The minimum Gasteiger partial charge on any atom is -0.389 e. The van der Waals surface area contributed by atoms with Crippen molar-refractivity contribution in [2.24, 2.45) is 0 Å². The van der Waals surface area contributed by atoms with Crippen LogP contribution in [0.4, 0.5) is 5.69 Å². The van der Waals surface area contributed by atoms with Crippen molar-refractivity contribution in [3.8, 4) is 0 Å². The summed E-state index contributed by atoms with van der Waals surface area (Å²) >= 11 is 8.39. The molecule has 0 bridgehead atoms. The Morgan fingerprint density at radius 2 is 2.33 bits per heavy atom. The van der Waals surface area contributed by atoms with E-state index in [1.54, 1.807) is 6.92 Å². The molecule has 0 spiro atoms. The van der Waals surface area contributed by atoms with E-state index in [1.165, 1.54) is 6.42 Å². The monoisotopic (exact) mass is 285 g/mol. The summed E-state index contributed by atoms with van der Waals surface area (Å²) in [6, 6.07) is 5.88. The predicted molar refractivity (Wildman–Crippen MR) is 80.8 cm³/mol. The van der Waals surface area contributed by atoms with E-state index in [0.717, 1.165) is 35.1 Å². The number of benzene rings is 1. The zero-order valence-electron chi connectivity index (χ0n) is 10.9. The van der Waals surface area contributed by atoms with E-state index < -0.39 is 6.10 Å². The first kappa shape index (κ1) is 14.0. The second-order valence-corrected chi connectivity index (χ2v) is 6.55. The Morgan fingerprint density at radius 3 is 2.94 bits per heavy atom. The van der Waals surface area contributed by atoms with E-state index in [1.807, 2.05) is 18.2 Å². The second-order valence-electron chi connectivity index (χ2n) is 4.73. The molecule has 100 valence electrons. The van der Waals surface area contributed by atoms with Crippen molar-refractivity contribution >= 4 is 29.1 Å². The predicted octanol–water partition coefficient (Wildman–Crippen LogP) is 3.73. The van der Waals surface area contributed by atoms with Crippen LogP contribution in [0.1, 0.15) is 31.9 Å². The van der Waals surface area contributed by atoms with E-state index in [4.69, 9.17) is 11.6 Å². The fourth-order valence-electron chi connectivity index (χ4n) is 2.22. The third kappa shape index (κ3) is 3.14. The third-order valence-electron chi connectivity index (χ3n) is 3.39. The smallest absolute Gasteiger partial charge is 0.0762 e. The first-order valence-electron chi connectivity index (χ1n) is 6.46. The number of hydrogen-bond donors (Lipinski definition) is 1. The molecule has 1 fully saturated rings. The lowest BCUT2D eigenvalue weighted by atomic mass is 10.1. The molecule has 0 aliphatic carbocycles. The summed E-state index contributed by atoms with van der Waals surface area (Å²) in [5, 5.41) is 11.0. The number of halogens is 1. The molecule has 4 heteroatoms. The van der Waals surface area contributed by atoms with Crippen LogP contribution >= 0.6 is 23.4 Å². The van der Waals surface area contributed by atoms with Gasteiger partial charge >= 0.3 is 0 Å². The van der Waals surface area contributed by atoms with Crippen LogP contribution in [0.2, 0.25) is 5.02 Å². The van der Waals surface area contributed by atoms with Crippen LogP contribution in [0.15, 0.2) is 18.2 Å². The number of aliphatic hydroxyl groups excluding tert-OH is 1. The molecule has 1 unspecified atom stereocenters. The molecule has 1 N–H and O–H groups in total. The van der Waals surface area contributed by atoms with Crippen molar-refractivity contribution in [3.63, 3.8) is 0 Å². The highest BCUT2D eigenvalue weighted by Crippen LogP contribution is 2.32. The Bertz CT molecular complexity index is 411. The molecule has 18 heavy (non-hydrogen) atoms. The number of anilines is 1. The number of thioether (sulfide) groups is 1.